The van der Waals surface area contributed by atoms with Gasteiger partial charge in [-0.2, -0.15) is 0 Å². The maximum atomic E-state index is 13.9. The van der Waals surface area contributed by atoms with Crippen LogP contribution >= 0.6 is 0 Å². The highest BCUT2D eigenvalue weighted by atomic mass is 28.4. The molecule has 0 radical (unpaired) electrons. The molecule has 2 aliphatic carbocycles. The lowest BCUT2D eigenvalue weighted by atomic mass is 9.71. The lowest BCUT2D eigenvalue weighted by Crippen LogP contribution is -2.66. The van der Waals surface area contributed by atoms with Gasteiger partial charge in [0, 0.05) is 23.9 Å². The van der Waals surface area contributed by atoms with Crippen molar-refractivity contribution < 1.29 is 33.3 Å². The first-order valence-corrected chi connectivity index (χ1v) is 18.3. The standard InChI is InChI=1S/C38H46O7Si/c1-37(2,3)46(30-12-7-5-8-13-30,31-14-9-6-10-15-31)44-23-22-38-24-27(25-42-26-43-29-20-18-28(41-4)19-21-29)34(39)32-16-11-17-33(38)35(32)45-36(38)40/h5-10,12-15,17-21,27,32,35-36,40H,11,16,22-26H2,1-4H3/t27-,32+,35+,36+,38-/m0/s1. The fourth-order valence-corrected chi connectivity index (χ4v) is 12.5. The van der Waals surface area contributed by atoms with Crippen molar-refractivity contribution in [2.75, 3.05) is 27.1 Å². The average molecular weight is 643 g/mol. The van der Waals surface area contributed by atoms with E-state index in [1.54, 1.807) is 7.11 Å². The molecule has 0 spiro atoms. The van der Waals surface area contributed by atoms with Gasteiger partial charge in [0.05, 0.1) is 19.8 Å². The summed E-state index contributed by atoms with van der Waals surface area (Å²) in [6, 6.07) is 28.5. The highest BCUT2D eigenvalue weighted by Gasteiger charge is 2.60. The number of hydrogen-bond donors (Lipinski definition) is 1. The van der Waals surface area contributed by atoms with E-state index in [-0.39, 0.29) is 36.1 Å². The molecule has 1 N–H and O–H groups in total. The Kier molecular flexibility index (Phi) is 9.55. The number of aliphatic hydroxyl groups is 1. The molecule has 0 aromatic heterocycles. The van der Waals surface area contributed by atoms with Crippen LogP contribution in [0.3, 0.4) is 0 Å². The van der Waals surface area contributed by atoms with E-state index in [0.29, 0.717) is 31.6 Å². The number of allylic oxidation sites excluding steroid dienone is 1. The van der Waals surface area contributed by atoms with E-state index >= 15 is 0 Å². The van der Waals surface area contributed by atoms with Crippen molar-refractivity contribution in [3.63, 3.8) is 0 Å². The molecule has 8 heteroatoms. The van der Waals surface area contributed by atoms with Crippen LogP contribution < -0.4 is 19.8 Å². The van der Waals surface area contributed by atoms with E-state index in [1.165, 1.54) is 10.4 Å². The van der Waals surface area contributed by atoms with Gasteiger partial charge in [-0.15, -0.1) is 0 Å². The second-order valence-electron chi connectivity index (χ2n) is 13.8. The second kappa shape index (κ2) is 13.5. The van der Waals surface area contributed by atoms with Crippen molar-refractivity contribution in [3.8, 4) is 11.5 Å². The molecule has 0 amide bonds. The molecule has 5 atom stereocenters. The third-order valence-corrected chi connectivity index (χ3v) is 15.2. The molecule has 2 fully saturated rings. The number of ketones is 1. The van der Waals surface area contributed by atoms with Crippen LogP contribution in [0, 0.1) is 17.3 Å². The number of aliphatic hydroxyl groups excluding tert-OH is 1. The molecular weight excluding hydrogens is 596 g/mol. The zero-order chi connectivity index (χ0) is 32.4. The van der Waals surface area contributed by atoms with Gasteiger partial charge in [0.25, 0.3) is 8.32 Å². The molecule has 6 rings (SSSR count). The summed E-state index contributed by atoms with van der Waals surface area (Å²) in [5.41, 5.74) is 0.332. The predicted octanol–water partition coefficient (Wildman–Crippen LogP) is 5.64. The molecule has 3 aromatic carbocycles. The number of rotatable bonds is 12. The minimum atomic E-state index is -2.79. The molecule has 0 unspecified atom stereocenters. The molecule has 244 valence electrons. The zero-order valence-corrected chi connectivity index (χ0v) is 28.3. The molecule has 3 aromatic rings. The molecule has 3 aliphatic rings. The monoisotopic (exact) mass is 642 g/mol. The van der Waals surface area contributed by atoms with Gasteiger partial charge in [0.15, 0.2) is 13.1 Å². The van der Waals surface area contributed by atoms with Crippen LogP contribution in [-0.4, -0.2) is 58.7 Å². The minimum absolute atomic E-state index is 0.0237. The highest BCUT2D eigenvalue weighted by Crippen LogP contribution is 2.57. The van der Waals surface area contributed by atoms with Crippen molar-refractivity contribution in [2.24, 2.45) is 17.3 Å². The molecule has 1 saturated heterocycles. The minimum Gasteiger partial charge on any atom is -0.497 e. The first-order chi connectivity index (χ1) is 22.2. The number of benzene rings is 3. The number of Topliss-reactive ketones (excluding diaryl/α,β-unsaturated/α-hetero) is 1. The summed E-state index contributed by atoms with van der Waals surface area (Å²) in [6.07, 6.45) is 3.29. The molecule has 1 heterocycles. The summed E-state index contributed by atoms with van der Waals surface area (Å²) in [4.78, 5) is 13.9. The van der Waals surface area contributed by atoms with Crippen molar-refractivity contribution in [1.82, 2.24) is 0 Å². The molecular formula is C38H46O7Si. The lowest BCUT2D eigenvalue weighted by Gasteiger charge is -2.44. The van der Waals surface area contributed by atoms with E-state index in [0.717, 1.165) is 17.7 Å². The smallest absolute Gasteiger partial charge is 0.261 e. The maximum absolute atomic E-state index is 13.9. The Morgan fingerprint density at radius 3 is 2.17 bits per heavy atom. The number of methoxy groups -OCH3 is 1. The second-order valence-corrected chi connectivity index (χ2v) is 18.1. The summed E-state index contributed by atoms with van der Waals surface area (Å²) >= 11 is 0. The number of hydrogen-bond acceptors (Lipinski definition) is 7. The number of carbonyl (C=O) groups is 1. The van der Waals surface area contributed by atoms with E-state index in [2.05, 4.69) is 75.4 Å². The highest BCUT2D eigenvalue weighted by molar-refractivity contribution is 6.99. The summed E-state index contributed by atoms with van der Waals surface area (Å²) in [5, 5.41) is 13.9. The summed E-state index contributed by atoms with van der Waals surface area (Å²) < 4.78 is 30.5. The normalized spacial score (nSPS) is 25.9. The van der Waals surface area contributed by atoms with Crippen LogP contribution in [0.1, 0.15) is 46.5 Å². The first kappa shape index (κ1) is 32.7. The van der Waals surface area contributed by atoms with Crippen LogP contribution in [0.5, 0.6) is 11.5 Å². The molecule has 46 heavy (non-hydrogen) atoms. The fraction of sp³-hybridized carbons (Fsp3) is 0.447. The largest absolute Gasteiger partial charge is 0.497 e. The van der Waals surface area contributed by atoms with Gasteiger partial charge in [-0.05, 0) is 70.9 Å². The third-order valence-electron chi connectivity index (χ3n) is 10.2. The van der Waals surface area contributed by atoms with Crippen molar-refractivity contribution >= 4 is 24.5 Å². The van der Waals surface area contributed by atoms with Gasteiger partial charge in [-0.25, -0.2) is 0 Å². The van der Waals surface area contributed by atoms with E-state index in [9.17, 15) is 9.90 Å². The van der Waals surface area contributed by atoms with Gasteiger partial charge >= 0.3 is 0 Å². The SMILES string of the molecule is COc1ccc(OCOC[C@@H]2C[C@@]3(CCO[Si](c4ccccc4)(c4ccccc4)C(C)(C)C)C4=CCC[C@H](C2=O)[C@H]4O[C@H]3O)cc1. The van der Waals surface area contributed by atoms with Crippen molar-refractivity contribution in [1.29, 1.82) is 0 Å². The van der Waals surface area contributed by atoms with Crippen LogP contribution in [0.25, 0.3) is 0 Å². The maximum Gasteiger partial charge on any atom is 0.261 e. The average Bonchev–Trinajstić information content (AvgIpc) is 3.33. The molecule has 4 bridgehead atoms. The van der Waals surface area contributed by atoms with Crippen molar-refractivity contribution in [3.05, 3.63) is 96.6 Å². The first-order valence-electron chi connectivity index (χ1n) is 16.4. The molecule has 1 aliphatic heterocycles. The van der Waals surface area contributed by atoms with Gasteiger partial charge in [0.2, 0.25) is 0 Å². The zero-order valence-electron chi connectivity index (χ0n) is 27.3. The van der Waals surface area contributed by atoms with Gasteiger partial charge in [-0.3, -0.25) is 4.79 Å². The van der Waals surface area contributed by atoms with E-state index < -0.39 is 26.1 Å². The summed E-state index contributed by atoms with van der Waals surface area (Å²) in [5.74, 6) is 0.892. The Balaban J connectivity index is 1.24. The lowest BCUT2D eigenvalue weighted by molar-refractivity contribution is -0.171. The fourth-order valence-electron chi connectivity index (χ4n) is 7.95. The number of carbonyl (C=O) groups excluding carboxylic acids is 1. The quantitative estimate of drug-likeness (QED) is 0.118. The van der Waals surface area contributed by atoms with E-state index in [4.69, 9.17) is 23.4 Å². The Labute approximate surface area is 273 Å². The van der Waals surface area contributed by atoms with Gasteiger partial charge < -0.3 is 28.5 Å². The van der Waals surface area contributed by atoms with Crippen molar-refractivity contribution in [2.45, 2.75) is 63.9 Å². The summed E-state index contributed by atoms with van der Waals surface area (Å²) in [7, 11) is -1.16. The van der Waals surface area contributed by atoms with E-state index in [1.807, 2.05) is 36.4 Å². The topological polar surface area (TPSA) is 83.5 Å². The van der Waals surface area contributed by atoms with Gasteiger partial charge in [0.1, 0.15) is 17.3 Å². The predicted molar refractivity (Wildman–Crippen MR) is 180 cm³/mol. The summed E-state index contributed by atoms with van der Waals surface area (Å²) in [6.45, 7) is 7.46. The van der Waals surface area contributed by atoms with Crippen LogP contribution in [-0.2, 0) is 18.7 Å². The molecule has 7 nitrogen and oxygen atoms in total. The molecule has 1 saturated carbocycles. The third kappa shape index (κ3) is 5.97. The van der Waals surface area contributed by atoms with Gasteiger partial charge in [-0.1, -0.05) is 87.5 Å². The Bertz CT molecular complexity index is 1460. The Morgan fingerprint density at radius 2 is 1.57 bits per heavy atom. The van der Waals surface area contributed by atoms with Crippen LogP contribution in [0.2, 0.25) is 5.04 Å². The van der Waals surface area contributed by atoms with Crippen LogP contribution in [0.4, 0.5) is 0 Å². The van der Waals surface area contributed by atoms with Crippen LogP contribution in [0.15, 0.2) is 96.6 Å². The Hall–Kier alpha value is -3.27. The number of ether oxygens (including phenoxy) is 4. The Morgan fingerprint density at radius 1 is 0.935 bits per heavy atom.